The minimum atomic E-state index is -0.381. The van der Waals surface area contributed by atoms with E-state index < -0.39 is 0 Å². The maximum atomic E-state index is 11.9. The normalized spacial score (nSPS) is 11.3. The first-order valence-electron chi connectivity index (χ1n) is 7.89. The Morgan fingerprint density at radius 2 is 2.16 bits per heavy atom. The van der Waals surface area contributed by atoms with Crippen LogP contribution < -0.4 is 11.3 Å². The van der Waals surface area contributed by atoms with Crippen LogP contribution in [0.25, 0.3) is 11.0 Å². The van der Waals surface area contributed by atoms with E-state index in [9.17, 15) is 9.59 Å². The molecule has 0 aliphatic heterocycles. The second kappa shape index (κ2) is 7.71. The van der Waals surface area contributed by atoms with Crippen LogP contribution in [0.2, 0.25) is 0 Å². The molecule has 2 heterocycles. The Hall–Kier alpha value is -2.32. The maximum absolute atomic E-state index is 11.9. The summed E-state index contributed by atoms with van der Waals surface area (Å²) in [6, 6.07) is 7.26. The molecule has 0 bridgehead atoms. The lowest BCUT2D eigenvalue weighted by Crippen LogP contribution is -2.18. The van der Waals surface area contributed by atoms with E-state index in [2.05, 4.69) is 10.2 Å². The van der Waals surface area contributed by atoms with E-state index in [1.165, 1.54) is 17.8 Å². The van der Waals surface area contributed by atoms with Crippen LogP contribution >= 0.6 is 11.8 Å². The van der Waals surface area contributed by atoms with Gasteiger partial charge in [0.2, 0.25) is 0 Å². The fraction of sp³-hybridized carbons (Fsp3) is 0.353. The topological polar surface area (TPSA) is 90.1 Å². The summed E-state index contributed by atoms with van der Waals surface area (Å²) in [5, 5.41) is 8.03. The Kier molecular flexibility index (Phi) is 5.40. The highest BCUT2D eigenvalue weighted by Crippen LogP contribution is 2.25. The number of ether oxygens (including phenoxy) is 1. The molecule has 0 saturated heterocycles. The molecule has 7 nitrogen and oxygen atoms in total. The number of methoxy groups -OCH3 is 1. The van der Waals surface area contributed by atoms with Crippen LogP contribution in [-0.4, -0.2) is 28.5 Å². The van der Waals surface area contributed by atoms with Crippen LogP contribution in [0, 0.1) is 6.92 Å². The number of nitrogens with one attached hydrogen (secondary N) is 1. The predicted molar refractivity (Wildman–Crippen MR) is 96.1 cm³/mol. The molecule has 0 atom stereocenters. The van der Waals surface area contributed by atoms with Crippen molar-refractivity contribution in [2.24, 2.45) is 0 Å². The van der Waals surface area contributed by atoms with Crippen LogP contribution in [-0.2, 0) is 17.0 Å². The number of fused-ring (bicyclic) bond motifs is 1. The Morgan fingerprint density at radius 3 is 2.96 bits per heavy atom. The predicted octanol–water partition coefficient (Wildman–Crippen LogP) is 2.32. The van der Waals surface area contributed by atoms with Gasteiger partial charge in [0.1, 0.15) is 5.58 Å². The number of H-pyrrole nitrogens is 1. The van der Waals surface area contributed by atoms with Crippen LogP contribution in [0.3, 0.4) is 0 Å². The number of hydrogen-bond acceptors (Lipinski definition) is 6. The monoisotopic (exact) mass is 361 g/mol. The van der Waals surface area contributed by atoms with Gasteiger partial charge >= 0.3 is 11.3 Å². The lowest BCUT2D eigenvalue weighted by molar-refractivity contribution is 0.189. The molecule has 0 spiro atoms. The van der Waals surface area contributed by atoms with Gasteiger partial charge in [0.25, 0.3) is 0 Å². The van der Waals surface area contributed by atoms with Gasteiger partial charge in [-0.1, -0.05) is 23.9 Å². The largest absolute Gasteiger partial charge is 0.423 e. The van der Waals surface area contributed by atoms with Gasteiger partial charge in [-0.25, -0.2) is 14.7 Å². The van der Waals surface area contributed by atoms with Crippen molar-refractivity contribution >= 4 is 22.7 Å². The maximum Gasteiger partial charge on any atom is 0.343 e. The van der Waals surface area contributed by atoms with Gasteiger partial charge in [0, 0.05) is 37.5 Å². The highest BCUT2D eigenvalue weighted by molar-refractivity contribution is 7.98. The van der Waals surface area contributed by atoms with E-state index in [1.54, 1.807) is 11.7 Å². The molecular weight excluding hydrogens is 342 g/mol. The standard InChI is InChI=1S/C17H19N3O4S/c1-11-4-5-13-12(9-15(21)24-14(13)8-11)10-25-17-19-18-16(22)20(17)6-3-7-23-2/h4-5,8-9H,3,6-7,10H2,1-2H3,(H,18,22). The number of aryl methyl sites for hydroxylation is 1. The summed E-state index contributed by atoms with van der Waals surface area (Å²) in [7, 11) is 1.63. The Morgan fingerprint density at radius 1 is 1.32 bits per heavy atom. The Balaban J connectivity index is 1.84. The van der Waals surface area contributed by atoms with Crippen LogP contribution in [0.1, 0.15) is 17.5 Å². The van der Waals surface area contributed by atoms with E-state index in [-0.39, 0.29) is 11.3 Å². The van der Waals surface area contributed by atoms with Gasteiger partial charge < -0.3 is 9.15 Å². The van der Waals surface area contributed by atoms with Crippen LogP contribution in [0.15, 0.2) is 43.4 Å². The lowest BCUT2D eigenvalue weighted by atomic mass is 10.1. The van der Waals surface area contributed by atoms with Gasteiger partial charge in [0.05, 0.1) is 0 Å². The fourth-order valence-corrected chi connectivity index (χ4v) is 3.54. The second-order valence-corrected chi connectivity index (χ2v) is 6.63. The minimum absolute atomic E-state index is 0.244. The van der Waals surface area contributed by atoms with Crippen molar-refractivity contribution in [3.8, 4) is 0 Å². The number of thioether (sulfide) groups is 1. The number of aromatic amines is 1. The molecular formula is C17H19N3O4S. The summed E-state index contributed by atoms with van der Waals surface area (Å²) in [6.45, 7) is 3.05. The third kappa shape index (κ3) is 4.02. The molecule has 1 aromatic carbocycles. The summed E-state index contributed by atoms with van der Waals surface area (Å²) in [6.07, 6.45) is 0.723. The Labute approximate surface area is 148 Å². The lowest BCUT2D eigenvalue weighted by Gasteiger charge is -2.07. The number of rotatable bonds is 7. The van der Waals surface area contributed by atoms with E-state index in [0.717, 1.165) is 22.9 Å². The summed E-state index contributed by atoms with van der Waals surface area (Å²) in [5.41, 5.74) is 1.83. The van der Waals surface area contributed by atoms with E-state index in [1.807, 2.05) is 25.1 Å². The first-order valence-corrected chi connectivity index (χ1v) is 8.87. The average Bonchev–Trinajstić information content (AvgIpc) is 2.92. The Bertz CT molecular complexity index is 989. The molecule has 0 amide bonds. The zero-order valence-electron chi connectivity index (χ0n) is 14.1. The van der Waals surface area contributed by atoms with Crippen molar-refractivity contribution in [1.29, 1.82) is 0 Å². The zero-order valence-corrected chi connectivity index (χ0v) is 14.9. The van der Waals surface area contributed by atoms with Gasteiger partial charge in [-0.3, -0.25) is 4.57 Å². The second-order valence-electron chi connectivity index (χ2n) is 5.69. The number of aromatic nitrogens is 3. The van der Waals surface area contributed by atoms with Crippen LogP contribution in [0.5, 0.6) is 0 Å². The molecule has 25 heavy (non-hydrogen) atoms. The van der Waals surface area contributed by atoms with Gasteiger partial charge in [-0.2, -0.15) is 0 Å². The molecule has 8 heteroatoms. The van der Waals surface area contributed by atoms with Crippen molar-refractivity contribution in [3.05, 3.63) is 56.3 Å². The summed E-state index contributed by atoms with van der Waals surface area (Å²) >= 11 is 1.41. The molecule has 0 radical (unpaired) electrons. The fourth-order valence-electron chi connectivity index (χ4n) is 2.58. The van der Waals surface area contributed by atoms with Crippen molar-refractivity contribution in [1.82, 2.24) is 14.8 Å². The molecule has 2 aromatic heterocycles. The van der Waals surface area contributed by atoms with Crippen molar-refractivity contribution < 1.29 is 9.15 Å². The highest BCUT2D eigenvalue weighted by atomic mass is 32.2. The molecule has 0 saturated carbocycles. The zero-order chi connectivity index (χ0) is 17.8. The van der Waals surface area contributed by atoms with Gasteiger partial charge in [-0.15, -0.1) is 5.10 Å². The molecule has 0 aliphatic rings. The van der Waals surface area contributed by atoms with E-state index in [0.29, 0.717) is 29.6 Å². The van der Waals surface area contributed by atoms with Crippen molar-refractivity contribution in [2.75, 3.05) is 13.7 Å². The molecule has 0 unspecified atom stereocenters. The smallest absolute Gasteiger partial charge is 0.343 e. The molecule has 0 fully saturated rings. The number of nitrogens with zero attached hydrogens (tertiary/aromatic N) is 2. The summed E-state index contributed by atoms with van der Waals surface area (Å²) in [4.78, 5) is 23.7. The van der Waals surface area contributed by atoms with E-state index >= 15 is 0 Å². The quantitative estimate of drug-likeness (QED) is 0.395. The van der Waals surface area contributed by atoms with E-state index in [4.69, 9.17) is 9.15 Å². The highest BCUT2D eigenvalue weighted by Gasteiger charge is 2.11. The van der Waals surface area contributed by atoms with Crippen molar-refractivity contribution in [2.45, 2.75) is 30.8 Å². The number of hydrogen-bond donors (Lipinski definition) is 1. The summed E-state index contributed by atoms with van der Waals surface area (Å²) in [5.74, 6) is 0.514. The third-order valence-corrected chi connectivity index (χ3v) is 4.82. The first-order chi connectivity index (χ1) is 12.1. The molecule has 3 rings (SSSR count). The van der Waals surface area contributed by atoms with Crippen molar-refractivity contribution in [3.63, 3.8) is 0 Å². The molecule has 3 aromatic rings. The SMILES string of the molecule is COCCCn1c(SCc2cc(=O)oc3cc(C)ccc23)n[nH]c1=O. The minimum Gasteiger partial charge on any atom is -0.423 e. The average molecular weight is 361 g/mol. The van der Waals surface area contributed by atoms with Gasteiger partial charge in [0.15, 0.2) is 5.16 Å². The third-order valence-electron chi connectivity index (χ3n) is 3.80. The summed E-state index contributed by atoms with van der Waals surface area (Å²) < 4.78 is 11.9. The van der Waals surface area contributed by atoms with Crippen LogP contribution in [0.4, 0.5) is 0 Å². The molecule has 132 valence electrons. The molecule has 1 N–H and O–H groups in total. The molecule has 0 aliphatic carbocycles. The van der Waals surface area contributed by atoms with Gasteiger partial charge in [-0.05, 0) is 30.5 Å². The first kappa shape index (κ1) is 17.5. The number of benzene rings is 1.